The maximum absolute atomic E-state index is 13.9. The van der Waals surface area contributed by atoms with Gasteiger partial charge in [0.05, 0.1) is 12.8 Å². The van der Waals surface area contributed by atoms with Crippen molar-refractivity contribution in [2.75, 3.05) is 24.4 Å². The highest BCUT2D eigenvalue weighted by Gasteiger charge is 2.23. The monoisotopic (exact) mass is 441 g/mol. The van der Waals surface area contributed by atoms with Crippen LogP contribution < -0.4 is 15.4 Å². The lowest BCUT2D eigenvalue weighted by Crippen LogP contribution is -2.27. The zero-order valence-corrected chi connectivity index (χ0v) is 17.5. The summed E-state index contributed by atoms with van der Waals surface area (Å²) in [5, 5.41) is 7.63. The van der Waals surface area contributed by atoms with Gasteiger partial charge in [-0.05, 0) is 49.2 Å². The average Bonchev–Trinajstić information content (AvgIpc) is 3.46. The number of anilines is 2. The molecule has 0 saturated carbocycles. The number of nitrogens with one attached hydrogen (secondary N) is 2. The van der Waals surface area contributed by atoms with Gasteiger partial charge in [0.15, 0.2) is 16.7 Å². The first-order valence-corrected chi connectivity index (χ1v) is 10.5. The van der Waals surface area contributed by atoms with E-state index in [9.17, 15) is 14.0 Å². The van der Waals surface area contributed by atoms with Gasteiger partial charge in [0.1, 0.15) is 6.10 Å². The average molecular weight is 441 g/mol. The van der Waals surface area contributed by atoms with Crippen molar-refractivity contribution in [2.45, 2.75) is 18.9 Å². The van der Waals surface area contributed by atoms with Crippen LogP contribution in [0.25, 0.3) is 11.3 Å². The number of amides is 2. The Bertz CT molecular complexity index is 1110. The number of rotatable bonds is 6. The van der Waals surface area contributed by atoms with Gasteiger partial charge in [-0.2, -0.15) is 0 Å². The van der Waals surface area contributed by atoms with Crippen LogP contribution in [0.1, 0.15) is 23.2 Å². The van der Waals surface area contributed by atoms with E-state index in [1.807, 2.05) is 0 Å². The summed E-state index contributed by atoms with van der Waals surface area (Å²) in [5.41, 5.74) is 2.01. The molecule has 9 heteroatoms. The minimum Gasteiger partial charge on any atom is -0.494 e. The van der Waals surface area contributed by atoms with Gasteiger partial charge in [-0.3, -0.25) is 14.9 Å². The molecule has 160 valence electrons. The summed E-state index contributed by atoms with van der Waals surface area (Å²) in [7, 11) is 1.40. The number of methoxy groups -OCH3 is 1. The van der Waals surface area contributed by atoms with Crippen molar-refractivity contribution in [3.8, 4) is 17.0 Å². The SMILES string of the molecule is COc1ccc(-c2csc(NC(=O)c3cccc(NC(=O)C4CCCO4)c3)n2)cc1F. The second kappa shape index (κ2) is 9.23. The summed E-state index contributed by atoms with van der Waals surface area (Å²) < 4.78 is 24.2. The second-order valence-corrected chi connectivity index (χ2v) is 7.77. The molecule has 1 aliphatic rings. The van der Waals surface area contributed by atoms with E-state index in [-0.39, 0.29) is 17.6 Å². The Morgan fingerprint density at radius 2 is 2.10 bits per heavy atom. The van der Waals surface area contributed by atoms with Gasteiger partial charge >= 0.3 is 0 Å². The van der Waals surface area contributed by atoms with Crippen molar-refractivity contribution in [1.29, 1.82) is 0 Å². The largest absolute Gasteiger partial charge is 0.494 e. The van der Waals surface area contributed by atoms with Crippen molar-refractivity contribution < 1.29 is 23.5 Å². The fourth-order valence-corrected chi connectivity index (χ4v) is 3.92. The molecule has 4 rings (SSSR count). The van der Waals surface area contributed by atoms with E-state index in [0.29, 0.717) is 40.7 Å². The van der Waals surface area contributed by atoms with Crippen LogP contribution in [0.5, 0.6) is 5.75 Å². The van der Waals surface area contributed by atoms with Crippen LogP contribution in [0.2, 0.25) is 0 Å². The number of thiazole rings is 1. The van der Waals surface area contributed by atoms with Gasteiger partial charge < -0.3 is 14.8 Å². The van der Waals surface area contributed by atoms with Gasteiger partial charge in [-0.1, -0.05) is 6.07 Å². The summed E-state index contributed by atoms with van der Waals surface area (Å²) >= 11 is 1.23. The van der Waals surface area contributed by atoms with Gasteiger partial charge in [-0.15, -0.1) is 11.3 Å². The van der Waals surface area contributed by atoms with E-state index in [0.717, 1.165) is 6.42 Å². The Hall–Kier alpha value is -3.30. The standard InChI is InChI=1S/C22H20FN3O4S/c1-29-18-8-7-13(11-16(18)23)17-12-31-22(25-17)26-20(27)14-4-2-5-15(10-14)24-21(28)19-6-3-9-30-19/h2,4-5,7-8,10-12,19H,3,6,9H2,1H3,(H,24,28)(H,25,26,27). The summed E-state index contributed by atoms with van der Waals surface area (Å²) in [6, 6.07) is 11.2. The third-order valence-electron chi connectivity index (χ3n) is 4.79. The van der Waals surface area contributed by atoms with Gasteiger partial charge in [0.25, 0.3) is 11.8 Å². The number of aromatic nitrogens is 1. The van der Waals surface area contributed by atoms with Crippen molar-refractivity contribution in [3.05, 3.63) is 59.2 Å². The molecule has 1 aliphatic heterocycles. The summed E-state index contributed by atoms with van der Waals surface area (Å²) in [6.07, 6.45) is 1.10. The minimum absolute atomic E-state index is 0.152. The molecule has 7 nitrogen and oxygen atoms in total. The molecule has 2 amide bonds. The number of hydrogen-bond donors (Lipinski definition) is 2. The zero-order valence-electron chi connectivity index (χ0n) is 16.7. The maximum atomic E-state index is 13.9. The molecule has 1 aromatic heterocycles. The van der Waals surface area contributed by atoms with E-state index in [4.69, 9.17) is 9.47 Å². The van der Waals surface area contributed by atoms with Crippen molar-refractivity contribution in [3.63, 3.8) is 0 Å². The highest BCUT2D eigenvalue weighted by atomic mass is 32.1. The number of nitrogens with zero attached hydrogens (tertiary/aromatic N) is 1. The first kappa shape index (κ1) is 21.0. The topological polar surface area (TPSA) is 89.6 Å². The lowest BCUT2D eigenvalue weighted by Gasteiger charge is -2.11. The molecule has 1 fully saturated rings. The molecule has 1 unspecified atom stereocenters. The van der Waals surface area contributed by atoms with Crippen molar-refractivity contribution >= 4 is 34.0 Å². The number of carbonyl (C=O) groups excluding carboxylic acids is 2. The van der Waals surface area contributed by atoms with Crippen molar-refractivity contribution in [1.82, 2.24) is 4.98 Å². The number of halogens is 1. The minimum atomic E-state index is -0.486. The molecular formula is C22H20FN3O4S. The fraction of sp³-hybridized carbons (Fsp3) is 0.227. The Balaban J connectivity index is 1.43. The Labute approximate surface area is 182 Å². The molecule has 0 spiro atoms. The Kier molecular flexibility index (Phi) is 6.24. The summed E-state index contributed by atoms with van der Waals surface area (Å²) in [4.78, 5) is 29.2. The number of ether oxygens (including phenoxy) is 2. The molecule has 3 aromatic rings. The van der Waals surface area contributed by atoms with E-state index in [1.165, 1.54) is 30.6 Å². The molecule has 1 atom stereocenters. The van der Waals surface area contributed by atoms with Crippen LogP contribution in [-0.2, 0) is 9.53 Å². The third-order valence-corrected chi connectivity index (χ3v) is 5.54. The Morgan fingerprint density at radius 1 is 1.23 bits per heavy atom. The first-order valence-electron chi connectivity index (χ1n) is 9.67. The van der Waals surface area contributed by atoms with Crippen molar-refractivity contribution in [2.24, 2.45) is 0 Å². The second-order valence-electron chi connectivity index (χ2n) is 6.91. The molecule has 0 bridgehead atoms. The lowest BCUT2D eigenvalue weighted by molar-refractivity contribution is -0.124. The highest BCUT2D eigenvalue weighted by molar-refractivity contribution is 7.14. The van der Waals surface area contributed by atoms with Gasteiger partial charge in [-0.25, -0.2) is 9.37 Å². The molecule has 0 aliphatic carbocycles. The zero-order chi connectivity index (χ0) is 21.8. The third kappa shape index (κ3) is 4.89. The van der Waals surface area contributed by atoms with Crippen LogP contribution in [0.4, 0.5) is 15.2 Å². The molecular weight excluding hydrogens is 421 g/mol. The van der Waals surface area contributed by atoms with Crippen LogP contribution in [0, 0.1) is 5.82 Å². The van der Waals surface area contributed by atoms with E-state index in [1.54, 1.807) is 35.7 Å². The molecule has 31 heavy (non-hydrogen) atoms. The molecule has 2 heterocycles. The maximum Gasteiger partial charge on any atom is 0.257 e. The predicted octanol–water partition coefficient (Wildman–Crippen LogP) is 4.33. The normalized spacial score (nSPS) is 15.5. The van der Waals surface area contributed by atoms with E-state index >= 15 is 0 Å². The predicted molar refractivity (Wildman–Crippen MR) is 116 cm³/mol. The Morgan fingerprint density at radius 3 is 2.84 bits per heavy atom. The van der Waals surface area contributed by atoms with Crippen LogP contribution in [0.15, 0.2) is 47.8 Å². The fourth-order valence-electron chi connectivity index (χ4n) is 3.20. The first-order chi connectivity index (χ1) is 15.0. The van der Waals surface area contributed by atoms with Crippen LogP contribution in [0.3, 0.4) is 0 Å². The number of hydrogen-bond acceptors (Lipinski definition) is 6. The number of carbonyl (C=O) groups is 2. The molecule has 2 aromatic carbocycles. The smallest absolute Gasteiger partial charge is 0.257 e. The lowest BCUT2D eigenvalue weighted by atomic mass is 10.1. The molecule has 0 radical (unpaired) electrons. The highest BCUT2D eigenvalue weighted by Crippen LogP contribution is 2.28. The van der Waals surface area contributed by atoms with Gasteiger partial charge in [0.2, 0.25) is 0 Å². The van der Waals surface area contributed by atoms with Crippen LogP contribution >= 0.6 is 11.3 Å². The molecule has 2 N–H and O–H groups in total. The van der Waals surface area contributed by atoms with E-state index < -0.39 is 11.9 Å². The molecule has 1 saturated heterocycles. The summed E-state index contributed by atoms with van der Waals surface area (Å²) in [5.74, 6) is -0.916. The van der Waals surface area contributed by atoms with Gasteiger partial charge in [0, 0.05) is 28.8 Å². The summed E-state index contributed by atoms with van der Waals surface area (Å²) in [6.45, 7) is 0.583. The van der Waals surface area contributed by atoms with Crippen LogP contribution in [-0.4, -0.2) is 36.6 Å². The number of benzene rings is 2. The van der Waals surface area contributed by atoms with E-state index in [2.05, 4.69) is 15.6 Å². The quantitative estimate of drug-likeness (QED) is 0.594.